The van der Waals surface area contributed by atoms with E-state index in [9.17, 15) is 19.7 Å². The van der Waals surface area contributed by atoms with Crippen molar-refractivity contribution in [2.45, 2.75) is 20.0 Å². The molecule has 0 aliphatic rings. The maximum Gasteiger partial charge on any atom is 0.339 e. The van der Waals surface area contributed by atoms with Crippen molar-refractivity contribution >= 4 is 23.3 Å². The highest BCUT2D eigenvalue weighted by Crippen LogP contribution is 2.28. The van der Waals surface area contributed by atoms with Crippen molar-refractivity contribution in [1.82, 2.24) is 0 Å². The number of amides is 1. The van der Waals surface area contributed by atoms with Crippen LogP contribution in [0, 0.1) is 17.0 Å². The predicted molar refractivity (Wildman–Crippen MR) is 113 cm³/mol. The van der Waals surface area contributed by atoms with Crippen LogP contribution in [0.4, 0.5) is 11.4 Å². The second kappa shape index (κ2) is 9.00. The first-order chi connectivity index (χ1) is 14.4. The highest BCUT2D eigenvalue weighted by Gasteiger charge is 2.22. The molecular weight excluding hydrogens is 384 g/mol. The minimum absolute atomic E-state index is 0.0108. The number of nitro groups is 1. The topological polar surface area (TPSA) is 98.5 Å². The van der Waals surface area contributed by atoms with Crippen LogP contribution in [0.5, 0.6) is 0 Å². The van der Waals surface area contributed by atoms with E-state index in [1.54, 1.807) is 19.1 Å². The largest absolute Gasteiger partial charge is 0.449 e. The molecule has 3 aromatic rings. The number of esters is 1. The molecule has 1 atom stereocenters. The number of para-hydroxylation sites is 1. The van der Waals surface area contributed by atoms with Crippen LogP contribution in [0.1, 0.15) is 22.8 Å². The SMILES string of the molecule is Cc1ccc(C(=O)O[C@H](C)C(=O)Nc2ccccc2-c2ccccc2)cc1[N+](=O)[O-]. The number of ether oxygens (including phenoxy) is 1. The Morgan fingerprint density at radius 1 is 1.00 bits per heavy atom. The molecule has 152 valence electrons. The quantitative estimate of drug-likeness (QED) is 0.363. The molecule has 0 aliphatic carbocycles. The summed E-state index contributed by atoms with van der Waals surface area (Å²) in [6.45, 7) is 3.02. The standard InChI is InChI=1S/C23H20N2O5/c1-15-12-13-18(14-21(15)25(28)29)23(27)30-16(2)22(26)24-20-11-7-6-10-19(20)17-8-4-3-5-9-17/h3-14,16H,1-2H3,(H,24,26)/t16-/m1/s1. The lowest BCUT2D eigenvalue weighted by Gasteiger charge is -2.16. The highest BCUT2D eigenvalue weighted by molar-refractivity contribution is 6.00. The molecule has 0 spiro atoms. The summed E-state index contributed by atoms with van der Waals surface area (Å²) in [6, 6.07) is 20.9. The zero-order valence-electron chi connectivity index (χ0n) is 16.5. The van der Waals surface area contributed by atoms with E-state index < -0.39 is 22.9 Å². The van der Waals surface area contributed by atoms with Crippen molar-refractivity contribution < 1.29 is 19.2 Å². The van der Waals surface area contributed by atoms with Gasteiger partial charge in [0.25, 0.3) is 11.6 Å². The van der Waals surface area contributed by atoms with Gasteiger partial charge in [-0.25, -0.2) is 4.79 Å². The van der Waals surface area contributed by atoms with Gasteiger partial charge < -0.3 is 10.1 Å². The molecule has 0 heterocycles. The average Bonchev–Trinajstić information content (AvgIpc) is 2.74. The second-order valence-electron chi connectivity index (χ2n) is 6.71. The fourth-order valence-electron chi connectivity index (χ4n) is 2.91. The number of aryl methyl sites for hydroxylation is 1. The Bertz CT molecular complexity index is 1100. The lowest BCUT2D eigenvalue weighted by Crippen LogP contribution is -2.30. The third-order valence-corrected chi connectivity index (χ3v) is 4.56. The molecule has 3 rings (SSSR count). The van der Waals surface area contributed by atoms with Crippen molar-refractivity contribution in [3.63, 3.8) is 0 Å². The number of nitro benzene ring substituents is 1. The van der Waals surface area contributed by atoms with Crippen LogP contribution in [0.2, 0.25) is 0 Å². The van der Waals surface area contributed by atoms with Gasteiger partial charge in [0.05, 0.1) is 10.5 Å². The summed E-state index contributed by atoms with van der Waals surface area (Å²) in [4.78, 5) is 35.5. The van der Waals surface area contributed by atoms with Gasteiger partial charge in [0.15, 0.2) is 6.10 Å². The molecule has 0 aromatic heterocycles. The van der Waals surface area contributed by atoms with E-state index in [4.69, 9.17) is 4.74 Å². The number of anilines is 1. The predicted octanol–water partition coefficient (Wildman–Crippen LogP) is 4.75. The van der Waals surface area contributed by atoms with Gasteiger partial charge in [-0.15, -0.1) is 0 Å². The first kappa shape index (κ1) is 20.7. The highest BCUT2D eigenvalue weighted by atomic mass is 16.6. The lowest BCUT2D eigenvalue weighted by molar-refractivity contribution is -0.385. The maximum absolute atomic E-state index is 12.6. The second-order valence-corrected chi connectivity index (χ2v) is 6.71. The van der Waals surface area contributed by atoms with E-state index in [2.05, 4.69) is 5.32 Å². The van der Waals surface area contributed by atoms with Crippen LogP contribution in [-0.2, 0) is 9.53 Å². The normalized spacial score (nSPS) is 11.4. The molecule has 0 saturated carbocycles. The molecule has 0 aliphatic heterocycles. The fraction of sp³-hybridized carbons (Fsp3) is 0.130. The fourth-order valence-corrected chi connectivity index (χ4v) is 2.91. The Balaban J connectivity index is 1.73. The van der Waals surface area contributed by atoms with Gasteiger partial charge in [-0.05, 0) is 31.5 Å². The zero-order valence-corrected chi connectivity index (χ0v) is 16.5. The summed E-state index contributed by atoms with van der Waals surface area (Å²) < 4.78 is 5.22. The molecular formula is C23H20N2O5. The number of carbonyl (C=O) groups excluding carboxylic acids is 2. The number of benzene rings is 3. The van der Waals surface area contributed by atoms with Crippen molar-refractivity contribution in [3.8, 4) is 11.1 Å². The van der Waals surface area contributed by atoms with Crippen LogP contribution in [0.3, 0.4) is 0 Å². The van der Waals surface area contributed by atoms with Crippen LogP contribution in [-0.4, -0.2) is 22.9 Å². The maximum atomic E-state index is 12.6. The van der Waals surface area contributed by atoms with Gasteiger partial charge in [-0.1, -0.05) is 54.6 Å². The molecule has 7 heteroatoms. The summed E-state index contributed by atoms with van der Waals surface area (Å²) >= 11 is 0. The van der Waals surface area contributed by atoms with Crippen molar-refractivity contribution in [2.75, 3.05) is 5.32 Å². The molecule has 0 fully saturated rings. The van der Waals surface area contributed by atoms with E-state index in [-0.39, 0.29) is 11.3 Å². The minimum Gasteiger partial charge on any atom is -0.449 e. The minimum atomic E-state index is -1.10. The van der Waals surface area contributed by atoms with Crippen molar-refractivity contribution in [2.24, 2.45) is 0 Å². The molecule has 0 unspecified atom stereocenters. The van der Waals surface area contributed by atoms with Crippen LogP contribution in [0.25, 0.3) is 11.1 Å². The molecule has 7 nitrogen and oxygen atoms in total. The summed E-state index contributed by atoms with van der Waals surface area (Å²) in [6.07, 6.45) is -1.10. The van der Waals surface area contributed by atoms with Gasteiger partial charge in [0.1, 0.15) is 0 Å². The lowest BCUT2D eigenvalue weighted by atomic mass is 10.0. The van der Waals surface area contributed by atoms with Crippen LogP contribution < -0.4 is 5.32 Å². The molecule has 1 N–H and O–H groups in total. The number of carbonyl (C=O) groups is 2. The van der Waals surface area contributed by atoms with Gasteiger partial charge in [0, 0.05) is 22.9 Å². The first-order valence-corrected chi connectivity index (χ1v) is 9.28. The molecule has 1 amide bonds. The Hall–Kier alpha value is -4.00. The first-order valence-electron chi connectivity index (χ1n) is 9.28. The summed E-state index contributed by atoms with van der Waals surface area (Å²) in [5.41, 5.74) is 2.61. The van der Waals surface area contributed by atoms with E-state index in [1.165, 1.54) is 19.1 Å². The third kappa shape index (κ3) is 4.70. The number of nitrogens with zero attached hydrogens (tertiary/aromatic N) is 1. The van der Waals surface area contributed by atoms with E-state index in [0.29, 0.717) is 11.3 Å². The Labute approximate surface area is 173 Å². The number of hydrogen-bond donors (Lipinski definition) is 1. The summed E-state index contributed by atoms with van der Waals surface area (Å²) in [5, 5.41) is 13.8. The van der Waals surface area contributed by atoms with E-state index >= 15 is 0 Å². The number of nitrogens with one attached hydrogen (secondary N) is 1. The van der Waals surface area contributed by atoms with Gasteiger partial charge in [-0.3, -0.25) is 14.9 Å². The van der Waals surface area contributed by atoms with Crippen molar-refractivity contribution in [1.29, 1.82) is 0 Å². The smallest absolute Gasteiger partial charge is 0.339 e. The molecule has 0 radical (unpaired) electrons. The molecule has 3 aromatic carbocycles. The molecule has 30 heavy (non-hydrogen) atoms. The third-order valence-electron chi connectivity index (χ3n) is 4.56. The number of hydrogen-bond acceptors (Lipinski definition) is 5. The van der Waals surface area contributed by atoms with Crippen LogP contribution >= 0.6 is 0 Å². The summed E-state index contributed by atoms with van der Waals surface area (Å²) in [7, 11) is 0. The average molecular weight is 404 g/mol. The van der Waals surface area contributed by atoms with Crippen molar-refractivity contribution in [3.05, 3.63) is 94.0 Å². The molecule has 0 saturated heterocycles. The van der Waals surface area contributed by atoms with Gasteiger partial charge >= 0.3 is 5.97 Å². The zero-order chi connectivity index (χ0) is 21.7. The van der Waals surface area contributed by atoms with Gasteiger partial charge in [0.2, 0.25) is 0 Å². The Kier molecular flexibility index (Phi) is 6.22. The Morgan fingerprint density at radius 2 is 1.67 bits per heavy atom. The van der Waals surface area contributed by atoms with Gasteiger partial charge in [-0.2, -0.15) is 0 Å². The monoisotopic (exact) mass is 404 g/mol. The number of rotatable bonds is 6. The van der Waals surface area contributed by atoms with Crippen LogP contribution in [0.15, 0.2) is 72.8 Å². The van der Waals surface area contributed by atoms with E-state index in [0.717, 1.165) is 17.2 Å². The Morgan fingerprint density at radius 3 is 2.37 bits per heavy atom. The molecule has 0 bridgehead atoms. The summed E-state index contributed by atoms with van der Waals surface area (Å²) in [5.74, 6) is -1.31. The van der Waals surface area contributed by atoms with E-state index in [1.807, 2.05) is 42.5 Å².